The van der Waals surface area contributed by atoms with Crippen LogP contribution in [0, 0.1) is 5.82 Å². The van der Waals surface area contributed by atoms with E-state index in [0.717, 1.165) is 28.2 Å². The topological polar surface area (TPSA) is 65.4 Å². The monoisotopic (exact) mass is 347 g/mol. The molecule has 1 heterocycles. The number of para-hydroxylation sites is 1. The van der Waals surface area contributed by atoms with Crippen molar-refractivity contribution in [2.24, 2.45) is 0 Å². The summed E-state index contributed by atoms with van der Waals surface area (Å²) < 4.78 is 45.0. The largest absolute Gasteiger partial charge is 0.461 e. The van der Waals surface area contributed by atoms with Crippen LogP contribution in [0.5, 0.6) is 0 Å². The minimum absolute atomic E-state index is 0.0950. The summed E-state index contributed by atoms with van der Waals surface area (Å²) in [5.74, 6) is -1.28. The predicted octanol–water partition coefficient (Wildman–Crippen LogP) is 3.19. The third-order valence-corrected chi connectivity index (χ3v) is 5.24. The molecule has 2 aromatic carbocycles. The Morgan fingerprint density at radius 3 is 2.46 bits per heavy atom. The van der Waals surface area contributed by atoms with Gasteiger partial charge >= 0.3 is 5.97 Å². The molecule has 0 atom stereocenters. The van der Waals surface area contributed by atoms with E-state index >= 15 is 0 Å². The fourth-order valence-corrected chi connectivity index (χ4v) is 3.95. The zero-order chi connectivity index (χ0) is 17.3. The maximum atomic E-state index is 13.1. The molecule has 0 aliphatic heterocycles. The lowest BCUT2D eigenvalue weighted by Crippen LogP contribution is -2.19. The summed E-state index contributed by atoms with van der Waals surface area (Å²) in [7, 11) is -4.08. The Labute approximate surface area is 138 Å². The molecule has 0 unspecified atom stereocenters. The average molecular weight is 347 g/mol. The van der Waals surface area contributed by atoms with Gasteiger partial charge in [-0.1, -0.05) is 18.2 Å². The van der Waals surface area contributed by atoms with E-state index < -0.39 is 21.8 Å². The molecule has 0 bridgehead atoms. The Kier molecular flexibility index (Phi) is 4.11. The molecule has 0 amide bonds. The summed E-state index contributed by atoms with van der Waals surface area (Å²) in [6.07, 6.45) is 0. The number of carbonyl (C=O) groups is 1. The highest BCUT2D eigenvalue weighted by molar-refractivity contribution is 7.90. The van der Waals surface area contributed by atoms with Gasteiger partial charge in [-0.2, -0.15) is 0 Å². The molecule has 124 valence electrons. The van der Waals surface area contributed by atoms with Crippen LogP contribution in [0.2, 0.25) is 0 Å². The highest BCUT2D eigenvalue weighted by atomic mass is 32.2. The van der Waals surface area contributed by atoms with Crippen molar-refractivity contribution in [3.05, 3.63) is 66.1 Å². The Morgan fingerprint density at radius 1 is 1.12 bits per heavy atom. The summed E-state index contributed by atoms with van der Waals surface area (Å²) in [5, 5.41) is 0.589. The minimum Gasteiger partial charge on any atom is -0.461 e. The van der Waals surface area contributed by atoms with Crippen molar-refractivity contribution < 1.29 is 22.3 Å². The molecule has 1 aromatic heterocycles. The van der Waals surface area contributed by atoms with Crippen molar-refractivity contribution >= 4 is 26.9 Å². The highest BCUT2D eigenvalue weighted by Gasteiger charge is 2.27. The van der Waals surface area contributed by atoms with Crippen molar-refractivity contribution in [3.8, 4) is 0 Å². The van der Waals surface area contributed by atoms with Gasteiger partial charge in [0.1, 0.15) is 11.5 Å². The lowest BCUT2D eigenvalue weighted by atomic mass is 10.2. The normalized spacial score (nSPS) is 11.6. The van der Waals surface area contributed by atoms with Crippen molar-refractivity contribution in [2.45, 2.75) is 11.8 Å². The lowest BCUT2D eigenvalue weighted by molar-refractivity contribution is 0.0518. The molecule has 0 saturated carbocycles. The summed E-state index contributed by atoms with van der Waals surface area (Å²) in [4.78, 5) is 12.1. The van der Waals surface area contributed by atoms with Crippen molar-refractivity contribution in [1.82, 2.24) is 3.97 Å². The van der Waals surface area contributed by atoms with E-state index in [4.69, 9.17) is 4.74 Å². The van der Waals surface area contributed by atoms with Crippen LogP contribution >= 0.6 is 0 Å². The van der Waals surface area contributed by atoms with Gasteiger partial charge in [0.2, 0.25) is 0 Å². The quantitative estimate of drug-likeness (QED) is 0.680. The Bertz CT molecular complexity index is 1010. The zero-order valence-electron chi connectivity index (χ0n) is 12.8. The first-order valence-electron chi connectivity index (χ1n) is 7.24. The van der Waals surface area contributed by atoms with Crippen LogP contribution in [0.15, 0.2) is 59.5 Å². The van der Waals surface area contributed by atoms with Gasteiger partial charge in [0.15, 0.2) is 0 Å². The van der Waals surface area contributed by atoms with E-state index in [2.05, 4.69) is 0 Å². The third kappa shape index (κ3) is 2.67. The first kappa shape index (κ1) is 16.2. The van der Waals surface area contributed by atoms with E-state index in [1.165, 1.54) is 6.07 Å². The first-order chi connectivity index (χ1) is 11.4. The molecule has 7 heteroatoms. The predicted molar refractivity (Wildman–Crippen MR) is 86.9 cm³/mol. The van der Waals surface area contributed by atoms with Gasteiger partial charge in [0, 0.05) is 5.39 Å². The van der Waals surface area contributed by atoms with Crippen LogP contribution in [0.3, 0.4) is 0 Å². The summed E-state index contributed by atoms with van der Waals surface area (Å²) >= 11 is 0. The molecule has 0 saturated heterocycles. The van der Waals surface area contributed by atoms with Gasteiger partial charge in [0.05, 0.1) is 17.0 Å². The Morgan fingerprint density at radius 2 is 1.79 bits per heavy atom. The van der Waals surface area contributed by atoms with Crippen molar-refractivity contribution in [2.75, 3.05) is 6.61 Å². The second kappa shape index (κ2) is 6.09. The van der Waals surface area contributed by atoms with Gasteiger partial charge in [-0.15, -0.1) is 0 Å². The van der Waals surface area contributed by atoms with Crippen LogP contribution in [0.4, 0.5) is 4.39 Å². The number of carbonyl (C=O) groups excluding carboxylic acids is 1. The van der Waals surface area contributed by atoms with Crippen molar-refractivity contribution in [1.29, 1.82) is 0 Å². The maximum absolute atomic E-state index is 13.1. The Balaban J connectivity index is 2.29. The molecule has 24 heavy (non-hydrogen) atoms. The summed E-state index contributed by atoms with van der Waals surface area (Å²) in [5.41, 5.74) is 0.257. The number of hydrogen-bond donors (Lipinski definition) is 0. The summed E-state index contributed by atoms with van der Waals surface area (Å²) in [6.45, 7) is 1.76. The van der Waals surface area contributed by atoms with Gasteiger partial charge in [-0.25, -0.2) is 21.6 Å². The van der Waals surface area contributed by atoms with E-state index in [1.807, 2.05) is 0 Å². The number of esters is 1. The standard InChI is InChI=1S/C17H14FNO4S/c1-2-23-17(20)16-11-12-5-3-4-6-15(12)19(16)24(21,22)14-9-7-13(18)8-10-14/h3-11H,2H2,1H3. The van der Waals surface area contributed by atoms with Gasteiger partial charge < -0.3 is 4.74 Å². The van der Waals surface area contributed by atoms with E-state index in [9.17, 15) is 17.6 Å². The molecule has 3 aromatic rings. The van der Waals surface area contributed by atoms with Crippen LogP contribution in [-0.4, -0.2) is 25.0 Å². The second-order valence-electron chi connectivity index (χ2n) is 5.03. The van der Waals surface area contributed by atoms with Crippen LogP contribution in [0.25, 0.3) is 10.9 Å². The second-order valence-corrected chi connectivity index (χ2v) is 6.82. The molecular weight excluding hydrogens is 333 g/mol. The molecule has 0 radical (unpaired) electrons. The van der Waals surface area contributed by atoms with Crippen LogP contribution in [0.1, 0.15) is 17.4 Å². The fourth-order valence-electron chi connectivity index (χ4n) is 2.45. The van der Waals surface area contributed by atoms with Crippen molar-refractivity contribution in [3.63, 3.8) is 0 Å². The molecule has 0 aliphatic carbocycles. The van der Waals surface area contributed by atoms with Gasteiger partial charge in [0.25, 0.3) is 10.0 Å². The number of benzene rings is 2. The molecular formula is C17H14FNO4S. The molecule has 5 nitrogen and oxygen atoms in total. The molecule has 0 N–H and O–H groups in total. The number of rotatable bonds is 4. The number of aromatic nitrogens is 1. The first-order valence-corrected chi connectivity index (χ1v) is 8.68. The minimum atomic E-state index is -4.08. The smallest absolute Gasteiger partial charge is 0.356 e. The lowest BCUT2D eigenvalue weighted by Gasteiger charge is -2.11. The van der Waals surface area contributed by atoms with Crippen LogP contribution in [-0.2, 0) is 14.8 Å². The zero-order valence-corrected chi connectivity index (χ0v) is 13.6. The molecule has 3 rings (SSSR count). The third-order valence-electron chi connectivity index (χ3n) is 3.50. The molecule has 0 fully saturated rings. The number of nitrogens with zero attached hydrogens (tertiary/aromatic N) is 1. The van der Waals surface area contributed by atoms with Gasteiger partial charge in [-0.05, 0) is 43.3 Å². The van der Waals surface area contributed by atoms with E-state index in [1.54, 1.807) is 31.2 Å². The Hall–Kier alpha value is -2.67. The number of fused-ring (bicyclic) bond motifs is 1. The molecule has 0 aliphatic rings. The highest BCUT2D eigenvalue weighted by Crippen LogP contribution is 2.26. The number of halogens is 1. The van der Waals surface area contributed by atoms with Crippen LogP contribution < -0.4 is 0 Å². The maximum Gasteiger partial charge on any atom is 0.356 e. The fraction of sp³-hybridized carbons (Fsp3) is 0.118. The molecule has 0 spiro atoms. The SMILES string of the molecule is CCOC(=O)c1cc2ccccc2n1S(=O)(=O)c1ccc(F)cc1. The van der Waals surface area contributed by atoms with Gasteiger partial charge in [-0.3, -0.25) is 0 Å². The van der Waals surface area contributed by atoms with E-state index in [0.29, 0.717) is 10.9 Å². The summed E-state index contributed by atoms with van der Waals surface area (Å²) in [6, 6.07) is 12.6. The average Bonchev–Trinajstić information content (AvgIpc) is 2.96. The van der Waals surface area contributed by atoms with E-state index in [-0.39, 0.29) is 17.2 Å². The number of ether oxygens (including phenoxy) is 1. The number of hydrogen-bond acceptors (Lipinski definition) is 4.